The van der Waals surface area contributed by atoms with Crippen molar-refractivity contribution in [1.82, 2.24) is 0 Å². The molecule has 0 aliphatic carbocycles. The van der Waals surface area contributed by atoms with Crippen LogP contribution < -0.4 is 4.90 Å². The molecule has 5 nitrogen and oxygen atoms in total. The van der Waals surface area contributed by atoms with Gasteiger partial charge in [-0.05, 0) is 30.7 Å². The van der Waals surface area contributed by atoms with Crippen LogP contribution in [0.3, 0.4) is 0 Å². The van der Waals surface area contributed by atoms with Crippen LogP contribution in [0.5, 0.6) is 0 Å². The Kier molecular flexibility index (Phi) is 4.70. The van der Waals surface area contributed by atoms with Crippen molar-refractivity contribution >= 4 is 33.0 Å². The zero-order valence-electron chi connectivity index (χ0n) is 11.7. The lowest BCUT2D eigenvalue weighted by atomic mass is 10.1. The fourth-order valence-corrected chi connectivity index (χ4v) is 3.61. The molecule has 0 radical (unpaired) electrons. The summed E-state index contributed by atoms with van der Waals surface area (Å²) in [6.45, 7) is 1.73. The largest absolute Gasteiger partial charge is 0.375 e. The van der Waals surface area contributed by atoms with Gasteiger partial charge in [-0.1, -0.05) is 17.7 Å². The molecule has 1 aromatic rings. The number of carbonyl (C=O) groups excluding carboxylic acids is 1. The second kappa shape index (κ2) is 6.17. The van der Waals surface area contributed by atoms with Gasteiger partial charge in [0.05, 0.1) is 11.8 Å². The average Bonchev–Trinajstić information content (AvgIpc) is 2.74. The van der Waals surface area contributed by atoms with Crippen molar-refractivity contribution in [1.29, 1.82) is 0 Å². The fraction of sp³-hybridized carbons (Fsp3) is 0.357. The maximum Gasteiger partial charge on any atom is 0.253 e. The number of hydrogen-bond donors (Lipinski definition) is 0. The van der Waals surface area contributed by atoms with Gasteiger partial charge < -0.3 is 9.64 Å². The predicted molar refractivity (Wildman–Crippen MR) is 82.3 cm³/mol. The molecule has 1 aromatic carbocycles. The van der Waals surface area contributed by atoms with Gasteiger partial charge in [0.2, 0.25) is 0 Å². The van der Waals surface area contributed by atoms with Gasteiger partial charge in [0.1, 0.15) is 6.61 Å². The topological polar surface area (TPSA) is 63.7 Å². The van der Waals surface area contributed by atoms with Crippen LogP contribution in [-0.2, 0) is 19.4 Å². The van der Waals surface area contributed by atoms with Gasteiger partial charge in [0, 0.05) is 23.2 Å². The number of nitrogens with zero attached hydrogens (tertiary/aromatic N) is 1. The first kappa shape index (κ1) is 16.0. The van der Waals surface area contributed by atoms with E-state index in [2.05, 4.69) is 0 Å². The van der Waals surface area contributed by atoms with Crippen LogP contribution >= 0.6 is 11.6 Å². The zero-order chi connectivity index (χ0) is 15.6. The first-order chi connectivity index (χ1) is 9.84. The third-order valence-corrected chi connectivity index (χ3v) is 5.00. The van der Waals surface area contributed by atoms with Gasteiger partial charge in [-0.25, -0.2) is 8.42 Å². The van der Waals surface area contributed by atoms with Crippen molar-refractivity contribution in [2.24, 2.45) is 0 Å². The summed E-state index contributed by atoms with van der Waals surface area (Å²) in [6.07, 6.45) is 1.51. The van der Waals surface area contributed by atoms with E-state index < -0.39 is 15.9 Å². The van der Waals surface area contributed by atoms with E-state index in [1.54, 1.807) is 18.2 Å². The molecular formula is C14H16ClNO4S. The summed E-state index contributed by atoms with van der Waals surface area (Å²) in [7, 11) is -1.85. The molecule has 2 rings (SSSR count). The van der Waals surface area contributed by atoms with Crippen LogP contribution in [0.4, 0.5) is 5.69 Å². The molecule has 1 aliphatic heterocycles. The van der Waals surface area contributed by atoms with Crippen molar-refractivity contribution in [2.45, 2.75) is 13.0 Å². The number of aryl methyl sites for hydroxylation is 1. The van der Waals surface area contributed by atoms with Gasteiger partial charge in [-0.15, -0.1) is 0 Å². The number of carbonyl (C=O) groups is 1. The van der Waals surface area contributed by atoms with Crippen LogP contribution in [0.25, 0.3) is 0 Å². The molecule has 0 N–H and O–H groups in total. The van der Waals surface area contributed by atoms with Gasteiger partial charge in [0.15, 0.2) is 9.84 Å². The molecule has 0 spiro atoms. The van der Waals surface area contributed by atoms with Crippen molar-refractivity contribution in [3.63, 3.8) is 0 Å². The number of methoxy groups -OCH3 is 1. The van der Waals surface area contributed by atoms with Gasteiger partial charge >= 0.3 is 0 Å². The van der Waals surface area contributed by atoms with Crippen LogP contribution in [0.15, 0.2) is 29.7 Å². The molecule has 0 saturated carbocycles. The highest BCUT2D eigenvalue weighted by Gasteiger charge is 2.31. The summed E-state index contributed by atoms with van der Waals surface area (Å²) < 4.78 is 28.1. The SMILES string of the molecule is COCC(=O)N(c1ccc(C)c(Cl)c1)[C@H]1C=CS(=O)(=O)C1. The number of rotatable bonds is 4. The van der Waals surface area contributed by atoms with E-state index in [9.17, 15) is 13.2 Å². The standard InChI is InChI=1S/C14H16ClNO4S/c1-10-3-4-11(7-13(10)15)16(14(17)8-20-2)12-5-6-21(18,19)9-12/h3-7,12H,8-9H2,1-2H3/t12-/m0/s1. The molecular weight excluding hydrogens is 314 g/mol. The van der Waals surface area contributed by atoms with Gasteiger partial charge in [-0.2, -0.15) is 0 Å². The maximum atomic E-state index is 12.3. The van der Waals surface area contributed by atoms with E-state index in [1.807, 2.05) is 6.92 Å². The van der Waals surface area contributed by atoms with E-state index in [1.165, 1.54) is 18.1 Å². The number of amides is 1. The van der Waals surface area contributed by atoms with Crippen molar-refractivity contribution < 1.29 is 17.9 Å². The second-order valence-corrected chi connectivity index (χ2v) is 7.19. The summed E-state index contributed by atoms with van der Waals surface area (Å²) >= 11 is 6.10. The highest BCUT2D eigenvalue weighted by Crippen LogP contribution is 2.27. The Hall–Kier alpha value is -1.37. The summed E-state index contributed by atoms with van der Waals surface area (Å²) in [4.78, 5) is 13.7. The number of hydrogen-bond acceptors (Lipinski definition) is 4. The smallest absolute Gasteiger partial charge is 0.253 e. The number of benzene rings is 1. The summed E-state index contributed by atoms with van der Waals surface area (Å²) in [5, 5.41) is 1.66. The molecule has 0 unspecified atom stereocenters. The number of sulfone groups is 1. The lowest BCUT2D eigenvalue weighted by Gasteiger charge is -2.27. The highest BCUT2D eigenvalue weighted by molar-refractivity contribution is 7.94. The molecule has 0 saturated heterocycles. The first-order valence-electron chi connectivity index (χ1n) is 6.32. The van der Waals surface area contributed by atoms with E-state index in [0.717, 1.165) is 11.0 Å². The van der Waals surface area contributed by atoms with Crippen molar-refractivity contribution in [2.75, 3.05) is 24.4 Å². The zero-order valence-corrected chi connectivity index (χ0v) is 13.3. The summed E-state index contributed by atoms with van der Waals surface area (Å²) in [5.41, 5.74) is 1.44. The minimum absolute atomic E-state index is 0.129. The van der Waals surface area contributed by atoms with Crippen LogP contribution in [0.1, 0.15) is 5.56 Å². The maximum absolute atomic E-state index is 12.3. The Morgan fingerprint density at radius 2 is 2.19 bits per heavy atom. The average molecular weight is 330 g/mol. The summed E-state index contributed by atoms with van der Waals surface area (Å²) in [5.74, 6) is -0.447. The van der Waals surface area contributed by atoms with E-state index in [0.29, 0.717) is 10.7 Å². The molecule has 0 aromatic heterocycles. The molecule has 1 atom stereocenters. The third-order valence-electron chi connectivity index (χ3n) is 3.21. The third kappa shape index (κ3) is 3.64. The second-order valence-electron chi connectivity index (χ2n) is 4.86. The van der Waals surface area contributed by atoms with Crippen LogP contribution in [0, 0.1) is 6.92 Å². The Morgan fingerprint density at radius 1 is 1.48 bits per heavy atom. The highest BCUT2D eigenvalue weighted by atomic mass is 35.5. The Balaban J connectivity index is 2.39. The van der Waals surface area contributed by atoms with Crippen LogP contribution in [-0.4, -0.2) is 39.8 Å². The molecule has 21 heavy (non-hydrogen) atoms. The number of anilines is 1. The predicted octanol–water partition coefficient (Wildman–Crippen LogP) is 1.94. The molecule has 7 heteroatoms. The first-order valence-corrected chi connectivity index (χ1v) is 8.41. The molecule has 114 valence electrons. The Bertz CT molecular complexity index is 684. The minimum Gasteiger partial charge on any atom is -0.375 e. The van der Waals surface area contributed by atoms with E-state index in [4.69, 9.17) is 16.3 Å². The number of halogens is 1. The quantitative estimate of drug-likeness (QED) is 0.847. The van der Waals surface area contributed by atoms with Crippen molar-refractivity contribution in [3.8, 4) is 0 Å². The van der Waals surface area contributed by atoms with Gasteiger partial charge in [0.25, 0.3) is 5.91 Å². The Morgan fingerprint density at radius 3 is 2.71 bits per heavy atom. The van der Waals surface area contributed by atoms with E-state index >= 15 is 0 Å². The normalized spacial score (nSPS) is 19.7. The van der Waals surface area contributed by atoms with E-state index in [-0.39, 0.29) is 18.3 Å². The monoisotopic (exact) mass is 329 g/mol. The fourth-order valence-electron chi connectivity index (χ4n) is 2.17. The molecule has 1 aliphatic rings. The molecule has 1 amide bonds. The molecule has 1 heterocycles. The molecule has 0 fully saturated rings. The van der Waals surface area contributed by atoms with Crippen LogP contribution in [0.2, 0.25) is 5.02 Å². The minimum atomic E-state index is -3.26. The lowest BCUT2D eigenvalue weighted by Crippen LogP contribution is -2.43. The number of ether oxygens (including phenoxy) is 1. The molecule has 0 bridgehead atoms. The summed E-state index contributed by atoms with van der Waals surface area (Å²) in [6, 6.07) is 4.64. The van der Waals surface area contributed by atoms with Gasteiger partial charge in [-0.3, -0.25) is 4.79 Å². The van der Waals surface area contributed by atoms with Crippen molar-refractivity contribution in [3.05, 3.63) is 40.3 Å². The Labute approximate surface area is 129 Å². The lowest BCUT2D eigenvalue weighted by molar-refractivity contribution is -0.122.